The van der Waals surface area contributed by atoms with E-state index >= 15 is 0 Å². The number of sulfonamides is 1. The van der Waals surface area contributed by atoms with Crippen molar-refractivity contribution in [3.8, 4) is 0 Å². The summed E-state index contributed by atoms with van der Waals surface area (Å²) in [6.45, 7) is 0. The lowest BCUT2D eigenvalue weighted by molar-refractivity contribution is -0.0482. The zero-order chi connectivity index (χ0) is 10.9. The molecule has 7 nitrogen and oxygen atoms in total. The molecule has 0 amide bonds. The number of hydrogen-bond donors (Lipinski definition) is 3. The predicted molar refractivity (Wildman–Crippen MR) is 31.2 cm³/mol. The molecule has 0 rings (SSSR count). The van der Waals surface area contributed by atoms with Crippen LogP contribution in [0.1, 0.15) is 0 Å². The Bertz CT molecular complexity index is 313. The first-order valence-electron chi connectivity index (χ1n) is 2.28. The molecular formula is CH3F3NO6PS. The topological polar surface area (TPSA) is 113 Å². The number of halogens is 3. The van der Waals surface area contributed by atoms with Gasteiger partial charge in [0.25, 0.3) is 0 Å². The molecule has 0 spiro atoms. The Morgan fingerprint density at radius 1 is 1.31 bits per heavy atom. The molecule has 0 aliphatic rings. The largest absolute Gasteiger partial charge is 0.513 e. The second-order valence-electron chi connectivity index (χ2n) is 1.61. The number of alkyl halides is 3. The van der Waals surface area contributed by atoms with Gasteiger partial charge in [0.2, 0.25) is 0 Å². The average molecular weight is 245 g/mol. The Kier molecular flexibility index (Phi) is 3.47. The van der Waals surface area contributed by atoms with Crippen LogP contribution >= 0.6 is 7.82 Å². The van der Waals surface area contributed by atoms with E-state index in [2.05, 4.69) is 4.62 Å². The van der Waals surface area contributed by atoms with E-state index in [-0.39, 0.29) is 4.89 Å². The third kappa shape index (κ3) is 4.55. The molecule has 0 aromatic heterocycles. The lowest BCUT2D eigenvalue weighted by atomic mass is 11.6. The molecule has 0 saturated carbocycles. The Morgan fingerprint density at radius 3 is 1.92 bits per heavy atom. The van der Waals surface area contributed by atoms with E-state index in [1.165, 1.54) is 0 Å². The van der Waals surface area contributed by atoms with Crippen LogP contribution in [0, 0.1) is 0 Å². The fraction of sp³-hybridized carbons (Fsp3) is 1.00. The second-order valence-corrected chi connectivity index (χ2v) is 4.41. The summed E-state index contributed by atoms with van der Waals surface area (Å²) in [6, 6.07) is 0. The Hall–Kier alpha value is -0.190. The highest BCUT2D eigenvalue weighted by Gasteiger charge is 2.47. The Morgan fingerprint density at radius 2 is 1.69 bits per heavy atom. The summed E-state index contributed by atoms with van der Waals surface area (Å²) in [5.74, 6) is 0. The average Bonchev–Trinajstić information content (AvgIpc) is 1.79. The van der Waals surface area contributed by atoms with Crippen LogP contribution < -0.4 is 4.89 Å². The fourth-order valence-corrected chi connectivity index (χ4v) is 1.02. The molecule has 0 saturated heterocycles. The summed E-state index contributed by atoms with van der Waals surface area (Å²) >= 11 is 0. The molecule has 0 heterocycles. The van der Waals surface area contributed by atoms with Gasteiger partial charge in [0.1, 0.15) is 0 Å². The smallest absolute Gasteiger partial charge is 0.302 e. The molecule has 0 aromatic rings. The van der Waals surface area contributed by atoms with Gasteiger partial charge in [0, 0.05) is 0 Å². The van der Waals surface area contributed by atoms with Crippen LogP contribution in [0.25, 0.3) is 0 Å². The van der Waals surface area contributed by atoms with E-state index in [0.29, 0.717) is 0 Å². The molecule has 13 heavy (non-hydrogen) atoms. The van der Waals surface area contributed by atoms with Crippen molar-refractivity contribution < 1.29 is 40.6 Å². The molecule has 0 bridgehead atoms. The van der Waals surface area contributed by atoms with Crippen LogP contribution in [-0.4, -0.2) is 23.7 Å². The summed E-state index contributed by atoms with van der Waals surface area (Å²) < 4.78 is 67.0. The van der Waals surface area contributed by atoms with Crippen molar-refractivity contribution in [1.82, 2.24) is 4.89 Å². The van der Waals surface area contributed by atoms with Crippen molar-refractivity contribution in [1.29, 1.82) is 0 Å². The van der Waals surface area contributed by atoms with E-state index in [9.17, 15) is 26.2 Å². The highest BCUT2D eigenvalue weighted by molar-refractivity contribution is 7.90. The van der Waals surface area contributed by atoms with E-state index in [1.54, 1.807) is 0 Å². The van der Waals surface area contributed by atoms with E-state index < -0.39 is 23.4 Å². The van der Waals surface area contributed by atoms with Gasteiger partial charge in [-0.05, 0) is 0 Å². The van der Waals surface area contributed by atoms with Crippen LogP contribution in [0.3, 0.4) is 0 Å². The SMILES string of the molecule is O=P(O)(O)ONS(=O)(=O)C(F)(F)F. The summed E-state index contributed by atoms with van der Waals surface area (Å²) in [6.07, 6.45) is 0. The first-order valence-corrected chi connectivity index (χ1v) is 5.29. The molecule has 0 aliphatic heterocycles. The zero-order valence-corrected chi connectivity index (χ0v) is 7.23. The molecule has 0 aromatic carbocycles. The number of hydrogen-bond acceptors (Lipinski definition) is 4. The minimum Gasteiger partial charge on any atom is -0.302 e. The van der Waals surface area contributed by atoms with Gasteiger partial charge in [-0.25, -0.2) is 13.0 Å². The van der Waals surface area contributed by atoms with Gasteiger partial charge in [0.15, 0.2) is 0 Å². The number of nitrogens with one attached hydrogen (secondary N) is 1. The highest BCUT2D eigenvalue weighted by Crippen LogP contribution is 2.35. The summed E-state index contributed by atoms with van der Waals surface area (Å²) in [4.78, 5) is 15.9. The minimum atomic E-state index is -5.90. The summed E-state index contributed by atoms with van der Waals surface area (Å²) in [7, 11) is -11.2. The predicted octanol–water partition coefficient (Wildman–Crippen LogP) is -0.550. The third-order valence-corrected chi connectivity index (χ3v) is 1.94. The van der Waals surface area contributed by atoms with Gasteiger partial charge in [-0.2, -0.15) is 17.8 Å². The van der Waals surface area contributed by atoms with Crippen LogP contribution in [0.2, 0.25) is 0 Å². The normalized spacial score (nSPS) is 14.5. The number of rotatable bonds is 3. The lowest BCUT2D eigenvalue weighted by Gasteiger charge is -2.09. The Balaban J connectivity index is 4.49. The van der Waals surface area contributed by atoms with Gasteiger partial charge in [-0.3, -0.25) is 0 Å². The quantitative estimate of drug-likeness (QED) is 0.454. The van der Waals surface area contributed by atoms with Gasteiger partial charge < -0.3 is 9.79 Å². The molecule has 0 unspecified atom stereocenters. The lowest BCUT2D eigenvalue weighted by Crippen LogP contribution is -2.35. The second kappa shape index (κ2) is 3.52. The molecule has 80 valence electrons. The van der Waals surface area contributed by atoms with Crippen LogP contribution in [-0.2, 0) is 19.2 Å². The van der Waals surface area contributed by atoms with E-state index in [0.717, 1.165) is 0 Å². The molecule has 12 heteroatoms. The van der Waals surface area contributed by atoms with Gasteiger partial charge in [-0.1, -0.05) is 4.89 Å². The van der Waals surface area contributed by atoms with Crippen molar-refractivity contribution >= 4 is 17.8 Å². The summed E-state index contributed by atoms with van der Waals surface area (Å²) in [5, 5.41) is 0. The standard InChI is InChI=1S/CH3F3NO6PS/c2-1(3,4)13(9,10)5-11-12(6,7)8/h5H,(H2,6,7,8). The number of phosphoric acid groups is 1. The fourth-order valence-electron chi connectivity index (χ4n) is 0.145. The van der Waals surface area contributed by atoms with E-state index in [1.807, 2.05) is 0 Å². The van der Waals surface area contributed by atoms with E-state index in [4.69, 9.17) is 9.79 Å². The third-order valence-electron chi connectivity index (χ3n) is 0.571. The van der Waals surface area contributed by atoms with Crippen molar-refractivity contribution in [3.05, 3.63) is 0 Å². The maximum Gasteiger partial charge on any atom is 0.513 e. The molecule has 0 aliphatic carbocycles. The maximum atomic E-state index is 11.4. The van der Waals surface area contributed by atoms with Crippen LogP contribution in [0.4, 0.5) is 13.2 Å². The van der Waals surface area contributed by atoms with Gasteiger partial charge in [-0.15, -0.1) is 0 Å². The van der Waals surface area contributed by atoms with Crippen LogP contribution in [0.15, 0.2) is 0 Å². The van der Waals surface area contributed by atoms with Crippen molar-refractivity contribution in [3.63, 3.8) is 0 Å². The van der Waals surface area contributed by atoms with Crippen LogP contribution in [0.5, 0.6) is 0 Å². The molecule has 0 atom stereocenters. The first-order chi connectivity index (χ1) is 5.46. The monoisotopic (exact) mass is 245 g/mol. The molecular weight excluding hydrogens is 242 g/mol. The summed E-state index contributed by atoms with van der Waals surface area (Å²) in [5.41, 5.74) is -5.69. The van der Waals surface area contributed by atoms with Gasteiger partial charge >= 0.3 is 23.4 Å². The molecule has 3 N–H and O–H groups in total. The van der Waals surface area contributed by atoms with Gasteiger partial charge in [0.05, 0.1) is 0 Å². The van der Waals surface area contributed by atoms with Crippen molar-refractivity contribution in [2.45, 2.75) is 5.51 Å². The highest BCUT2D eigenvalue weighted by atomic mass is 32.2. The minimum absolute atomic E-state index is 0.223. The van der Waals surface area contributed by atoms with Crippen molar-refractivity contribution in [2.75, 3.05) is 0 Å². The molecule has 0 radical (unpaired) electrons. The molecule has 0 fully saturated rings. The van der Waals surface area contributed by atoms with Crippen molar-refractivity contribution in [2.24, 2.45) is 0 Å². The Labute approximate surface area is 69.8 Å². The first kappa shape index (κ1) is 12.8. The zero-order valence-electron chi connectivity index (χ0n) is 5.52. The maximum absolute atomic E-state index is 11.4.